The van der Waals surface area contributed by atoms with Crippen LogP contribution in [-0.2, 0) is 10.0 Å². The molecule has 1 unspecified atom stereocenters. The van der Waals surface area contributed by atoms with Gasteiger partial charge >= 0.3 is 5.97 Å². The van der Waals surface area contributed by atoms with E-state index in [-0.39, 0.29) is 15.8 Å². The van der Waals surface area contributed by atoms with E-state index in [4.69, 9.17) is 5.11 Å². The molecule has 21 heavy (non-hydrogen) atoms. The maximum atomic E-state index is 12.2. The third-order valence-electron chi connectivity index (χ3n) is 3.43. The minimum absolute atomic E-state index is 0.0235. The number of piperidine rings is 1. The number of hydrogen-bond donors (Lipinski definition) is 2. The number of carbonyl (C=O) groups is 1. The molecule has 2 N–H and O–H groups in total. The highest BCUT2D eigenvalue weighted by Gasteiger charge is 2.22. The summed E-state index contributed by atoms with van der Waals surface area (Å²) in [5, 5.41) is 10.2. The lowest BCUT2D eigenvalue weighted by molar-refractivity contribution is 0.0702. The Labute approximate surface area is 128 Å². The van der Waals surface area contributed by atoms with Crippen LogP contribution in [0, 0.1) is 0 Å². The van der Waals surface area contributed by atoms with E-state index in [1.165, 1.54) is 17.9 Å². The lowest BCUT2D eigenvalue weighted by Crippen LogP contribution is -2.43. The van der Waals surface area contributed by atoms with Gasteiger partial charge in [-0.15, -0.1) is 11.3 Å². The van der Waals surface area contributed by atoms with Crippen LogP contribution in [0.15, 0.2) is 16.3 Å². The van der Waals surface area contributed by atoms with Crippen LogP contribution < -0.4 is 4.72 Å². The third-order valence-corrected chi connectivity index (χ3v) is 6.07. The van der Waals surface area contributed by atoms with E-state index >= 15 is 0 Å². The number of sulfonamides is 1. The van der Waals surface area contributed by atoms with Crippen LogP contribution >= 0.6 is 11.3 Å². The van der Waals surface area contributed by atoms with Crippen molar-refractivity contribution in [3.63, 3.8) is 0 Å². The van der Waals surface area contributed by atoms with E-state index in [9.17, 15) is 13.2 Å². The number of aromatic carboxylic acids is 1. The smallest absolute Gasteiger partial charge is 0.345 e. The highest BCUT2D eigenvalue weighted by molar-refractivity contribution is 7.89. The van der Waals surface area contributed by atoms with Crippen LogP contribution in [0.2, 0.25) is 0 Å². The Morgan fingerprint density at radius 3 is 2.67 bits per heavy atom. The zero-order chi connectivity index (χ0) is 15.5. The first kappa shape index (κ1) is 16.4. The van der Waals surface area contributed by atoms with Crippen molar-refractivity contribution in [1.82, 2.24) is 9.62 Å². The summed E-state index contributed by atoms with van der Waals surface area (Å²) in [4.78, 5) is 13.1. The lowest BCUT2D eigenvalue weighted by Gasteiger charge is -2.29. The van der Waals surface area contributed by atoms with Crippen molar-refractivity contribution < 1.29 is 18.3 Å². The fourth-order valence-corrected chi connectivity index (χ4v) is 4.82. The van der Waals surface area contributed by atoms with Crippen molar-refractivity contribution in [2.75, 3.05) is 19.6 Å². The van der Waals surface area contributed by atoms with Crippen molar-refractivity contribution in [2.45, 2.75) is 37.1 Å². The Morgan fingerprint density at radius 2 is 2.10 bits per heavy atom. The number of nitrogens with zero attached hydrogens (tertiary/aromatic N) is 1. The molecule has 0 amide bonds. The van der Waals surface area contributed by atoms with Gasteiger partial charge in [0.05, 0.1) is 4.90 Å². The second-order valence-electron chi connectivity index (χ2n) is 5.34. The van der Waals surface area contributed by atoms with Gasteiger partial charge in [0.25, 0.3) is 0 Å². The van der Waals surface area contributed by atoms with Gasteiger partial charge in [0, 0.05) is 18.0 Å². The van der Waals surface area contributed by atoms with Crippen LogP contribution in [0.25, 0.3) is 0 Å². The minimum Gasteiger partial charge on any atom is -0.477 e. The highest BCUT2D eigenvalue weighted by atomic mass is 32.2. The molecule has 1 atom stereocenters. The molecule has 1 aliphatic heterocycles. The summed E-state index contributed by atoms with van der Waals surface area (Å²) in [6.45, 7) is 4.52. The molecule has 0 radical (unpaired) electrons. The van der Waals surface area contributed by atoms with E-state index < -0.39 is 16.0 Å². The minimum atomic E-state index is -3.65. The van der Waals surface area contributed by atoms with Gasteiger partial charge in [-0.2, -0.15) is 0 Å². The Hall–Kier alpha value is -0.960. The van der Waals surface area contributed by atoms with Crippen molar-refractivity contribution in [3.05, 3.63) is 16.3 Å². The van der Waals surface area contributed by atoms with E-state index in [2.05, 4.69) is 9.62 Å². The van der Waals surface area contributed by atoms with Crippen LogP contribution in [0.5, 0.6) is 0 Å². The number of carboxylic acid groups (broad SMARTS) is 1. The lowest BCUT2D eigenvalue weighted by atomic mass is 10.1. The van der Waals surface area contributed by atoms with Gasteiger partial charge in [-0.3, -0.25) is 0 Å². The average Bonchev–Trinajstić information content (AvgIpc) is 2.89. The third kappa shape index (κ3) is 4.50. The van der Waals surface area contributed by atoms with Crippen molar-refractivity contribution in [1.29, 1.82) is 0 Å². The number of likely N-dealkylation sites (tertiary alicyclic amines) is 1. The van der Waals surface area contributed by atoms with E-state index in [1.807, 2.05) is 6.92 Å². The SMILES string of the molecule is CC(CN1CCCCC1)NS(=O)(=O)c1csc(C(=O)O)c1. The summed E-state index contributed by atoms with van der Waals surface area (Å²) in [5.74, 6) is -1.11. The summed E-state index contributed by atoms with van der Waals surface area (Å²) < 4.78 is 27.0. The molecular weight excluding hydrogens is 312 g/mol. The van der Waals surface area contributed by atoms with Gasteiger partial charge in [-0.1, -0.05) is 6.42 Å². The molecule has 2 heterocycles. The topological polar surface area (TPSA) is 86.7 Å². The highest BCUT2D eigenvalue weighted by Crippen LogP contribution is 2.19. The largest absolute Gasteiger partial charge is 0.477 e. The molecule has 0 bridgehead atoms. The fraction of sp³-hybridized carbons (Fsp3) is 0.615. The first-order valence-corrected chi connectivity index (χ1v) is 9.31. The monoisotopic (exact) mass is 332 g/mol. The molecule has 0 spiro atoms. The summed E-state index contributed by atoms with van der Waals surface area (Å²) in [5.41, 5.74) is 0. The van der Waals surface area contributed by atoms with E-state index in [1.54, 1.807) is 0 Å². The van der Waals surface area contributed by atoms with Crippen LogP contribution in [0.3, 0.4) is 0 Å². The predicted molar refractivity (Wildman–Crippen MR) is 81.4 cm³/mol. The molecule has 1 saturated heterocycles. The average molecular weight is 332 g/mol. The number of rotatable bonds is 6. The molecule has 1 aromatic heterocycles. The zero-order valence-corrected chi connectivity index (χ0v) is 13.5. The molecule has 1 aromatic rings. The Bertz CT molecular complexity index is 591. The molecule has 1 aliphatic rings. The molecule has 1 fully saturated rings. The predicted octanol–water partition coefficient (Wildman–Crippen LogP) is 1.60. The van der Waals surface area contributed by atoms with Crippen LogP contribution in [0.1, 0.15) is 35.9 Å². The van der Waals surface area contributed by atoms with Crippen molar-refractivity contribution in [3.8, 4) is 0 Å². The first-order chi connectivity index (χ1) is 9.88. The molecule has 2 rings (SSSR count). The molecule has 0 aliphatic carbocycles. The van der Waals surface area contributed by atoms with Crippen LogP contribution in [0.4, 0.5) is 0 Å². The molecule has 6 nitrogen and oxygen atoms in total. The Morgan fingerprint density at radius 1 is 1.43 bits per heavy atom. The molecular formula is C13H20N2O4S2. The standard InChI is InChI=1S/C13H20N2O4S2/c1-10(8-15-5-3-2-4-6-15)14-21(18,19)11-7-12(13(16)17)20-9-11/h7,9-10,14H,2-6,8H2,1H3,(H,16,17). The first-order valence-electron chi connectivity index (χ1n) is 6.95. The van der Waals surface area contributed by atoms with Crippen molar-refractivity contribution >= 4 is 27.3 Å². The number of hydrogen-bond acceptors (Lipinski definition) is 5. The molecule has 8 heteroatoms. The maximum absolute atomic E-state index is 12.2. The fourth-order valence-electron chi connectivity index (χ4n) is 2.47. The van der Waals surface area contributed by atoms with Gasteiger partial charge < -0.3 is 10.0 Å². The number of nitrogens with one attached hydrogen (secondary N) is 1. The zero-order valence-electron chi connectivity index (χ0n) is 11.9. The van der Waals surface area contributed by atoms with Gasteiger partial charge in [0.15, 0.2) is 0 Å². The quantitative estimate of drug-likeness (QED) is 0.826. The normalized spacial score (nSPS) is 18.5. The van der Waals surface area contributed by atoms with Crippen LogP contribution in [-0.4, -0.2) is 50.1 Å². The van der Waals surface area contributed by atoms with Gasteiger partial charge in [0.1, 0.15) is 4.88 Å². The number of carboxylic acids is 1. The molecule has 118 valence electrons. The molecule has 0 saturated carbocycles. The van der Waals surface area contributed by atoms with E-state index in [0.717, 1.165) is 37.3 Å². The van der Waals surface area contributed by atoms with E-state index in [0.29, 0.717) is 6.54 Å². The summed E-state index contributed by atoms with van der Waals surface area (Å²) in [6, 6.07) is 0.990. The summed E-state index contributed by atoms with van der Waals surface area (Å²) >= 11 is 0.918. The number of thiophene rings is 1. The second-order valence-corrected chi connectivity index (χ2v) is 7.96. The van der Waals surface area contributed by atoms with Crippen molar-refractivity contribution in [2.24, 2.45) is 0 Å². The Kier molecular flexibility index (Phi) is 5.37. The van der Waals surface area contributed by atoms with Gasteiger partial charge in [0.2, 0.25) is 10.0 Å². The second kappa shape index (κ2) is 6.87. The summed E-state index contributed by atoms with van der Waals surface area (Å²) in [6.07, 6.45) is 3.56. The molecule has 0 aromatic carbocycles. The summed E-state index contributed by atoms with van der Waals surface area (Å²) in [7, 11) is -3.65. The van der Waals surface area contributed by atoms with Gasteiger partial charge in [-0.05, 0) is 38.9 Å². The van der Waals surface area contributed by atoms with Gasteiger partial charge in [-0.25, -0.2) is 17.9 Å². The Balaban J connectivity index is 1.97. The maximum Gasteiger partial charge on any atom is 0.345 e.